The van der Waals surface area contributed by atoms with E-state index in [1.165, 1.54) is 31.5 Å². The van der Waals surface area contributed by atoms with Crippen molar-refractivity contribution in [1.82, 2.24) is 15.1 Å². The number of aromatic nitrogens is 2. The van der Waals surface area contributed by atoms with Gasteiger partial charge in [-0.05, 0) is 56.3 Å². The van der Waals surface area contributed by atoms with E-state index in [2.05, 4.69) is 15.7 Å². The fourth-order valence-corrected chi connectivity index (χ4v) is 4.03. The molecule has 0 bridgehead atoms. The number of nitrogens with zero attached hydrogens (tertiary/aromatic N) is 3. The van der Waals surface area contributed by atoms with Gasteiger partial charge in [-0.1, -0.05) is 11.6 Å². The van der Waals surface area contributed by atoms with Crippen LogP contribution in [0.1, 0.15) is 34.8 Å². The molecule has 2 N–H and O–H groups in total. The SMILES string of the molecule is COc1ccc([N+](=O)[O-])cc1NC(=O)c1cnn(-c2ccc(Cl)cc2)c1C1CCNCC1.Cl. The third-order valence-electron chi connectivity index (χ3n) is 5.49. The number of piperidine rings is 1. The second kappa shape index (κ2) is 10.7. The molecule has 1 aliphatic heterocycles. The van der Waals surface area contributed by atoms with E-state index in [0.29, 0.717) is 16.3 Å². The maximum atomic E-state index is 13.3. The van der Waals surface area contributed by atoms with Gasteiger partial charge < -0.3 is 15.4 Å². The maximum absolute atomic E-state index is 13.3. The van der Waals surface area contributed by atoms with E-state index in [1.54, 1.807) is 16.8 Å². The lowest BCUT2D eigenvalue weighted by atomic mass is 9.91. The van der Waals surface area contributed by atoms with Gasteiger partial charge in [-0.3, -0.25) is 14.9 Å². The van der Waals surface area contributed by atoms with Crippen LogP contribution < -0.4 is 15.4 Å². The summed E-state index contributed by atoms with van der Waals surface area (Å²) in [5.74, 6) is 0.0530. The highest BCUT2D eigenvalue weighted by Gasteiger charge is 2.27. The highest BCUT2D eigenvalue weighted by Crippen LogP contribution is 2.33. The Morgan fingerprint density at radius 2 is 1.94 bits per heavy atom. The van der Waals surface area contributed by atoms with Crippen molar-refractivity contribution < 1.29 is 14.5 Å². The molecule has 1 fully saturated rings. The molecule has 3 aromatic rings. The minimum absolute atomic E-state index is 0. The Hall–Kier alpha value is -3.14. The smallest absolute Gasteiger partial charge is 0.271 e. The Bertz CT molecular complexity index is 1140. The lowest BCUT2D eigenvalue weighted by molar-refractivity contribution is -0.384. The molecule has 0 radical (unpaired) electrons. The van der Waals surface area contributed by atoms with Crippen LogP contribution in [0.4, 0.5) is 11.4 Å². The van der Waals surface area contributed by atoms with Crippen molar-refractivity contribution in [1.29, 1.82) is 0 Å². The molecular weight excluding hydrogens is 469 g/mol. The van der Waals surface area contributed by atoms with Gasteiger partial charge in [0.2, 0.25) is 0 Å². The largest absolute Gasteiger partial charge is 0.495 e. The normalized spacial score (nSPS) is 13.8. The average Bonchev–Trinajstić information content (AvgIpc) is 3.25. The summed E-state index contributed by atoms with van der Waals surface area (Å²) >= 11 is 6.04. The number of halogens is 2. The number of non-ortho nitro benzene ring substituents is 1. The summed E-state index contributed by atoms with van der Waals surface area (Å²) in [5, 5.41) is 22.4. The number of benzene rings is 2. The van der Waals surface area contributed by atoms with Crippen LogP contribution in [0.3, 0.4) is 0 Å². The molecule has 1 amide bonds. The molecule has 1 saturated heterocycles. The zero-order valence-corrected chi connectivity index (χ0v) is 19.4. The standard InChI is InChI=1S/C22H22ClN5O4.ClH/c1-32-20-7-6-17(28(30)31)12-19(20)26-22(29)18-13-25-27(16-4-2-15(23)3-5-16)21(18)14-8-10-24-11-9-14;/h2-7,12-14,24H,8-11H2,1H3,(H,26,29);1H. The number of methoxy groups -OCH3 is 1. The van der Waals surface area contributed by atoms with Crippen molar-refractivity contribution in [2.24, 2.45) is 0 Å². The lowest BCUT2D eigenvalue weighted by Gasteiger charge is -2.24. The second-order valence-corrected chi connectivity index (χ2v) is 7.89. The fourth-order valence-electron chi connectivity index (χ4n) is 3.91. The highest BCUT2D eigenvalue weighted by molar-refractivity contribution is 6.30. The summed E-state index contributed by atoms with van der Waals surface area (Å²) in [6.07, 6.45) is 3.25. The van der Waals surface area contributed by atoms with E-state index in [4.69, 9.17) is 16.3 Å². The van der Waals surface area contributed by atoms with Gasteiger partial charge in [-0.25, -0.2) is 4.68 Å². The number of nitrogens with one attached hydrogen (secondary N) is 2. The molecule has 174 valence electrons. The molecule has 1 aliphatic rings. The van der Waals surface area contributed by atoms with Crippen molar-refractivity contribution in [3.8, 4) is 11.4 Å². The first kappa shape index (κ1) is 24.5. The molecule has 0 unspecified atom stereocenters. The second-order valence-electron chi connectivity index (χ2n) is 7.45. The third-order valence-corrected chi connectivity index (χ3v) is 5.74. The first-order valence-corrected chi connectivity index (χ1v) is 10.5. The number of nitro benzene ring substituents is 1. The molecule has 2 heterocycles. The Balaban J connectivity index is 0.00000306. The first-order valence-electron chi connectivity index (χ1n) is 10.2. The molecule has 11 heteroatoms. The summed E-state index contributed by atoms with van der Waals surface area (Å²) < 4.78 is 7.04. The topological polar surface area (TPSA) is 111 Å². The molecule has 0 saturated carbocycles. The zero-order chi connectivity index (χ0) is 22.7. The van der Waals surface area contributed by atoms with Gasteiger partial charge in [0.15, 0.2) is 0 Å². The molecule has 0 atom stereocenters. The molecular formula is C22H23Cl2N5O4. The number of hydrogen-bond acceptors (Lipinski definition) is 6. The van der Waals surface area contributed by atoms with E-state index in [-0.39, 0.29) is 29.7 Å². The van der Waals surface area contributed by atoms with E-state index in [9.17, 15) is 14.9 Å². The van der Waals surface area contributed by atoms with Gasteiger partial charge in [-0.15, -0.1) is 12.4 Å². The number of carbonyl (C=O) groups excluding carboxylic acids is 1. The van der Waals surface area contributed by atoms with Crippen LogP contribution in [0.25, 0.3) is 5.69 Å². The van der Waals surface area contributed by atoms with Crippen LogP contribution in [-0.4, -0.2) is 40.8 Å². The minimum atomic E-state index is -0.520. The summed E-state index contributed by atoms with van der Waals surface area (Å²) in [7, 11) is 1.44. The van der Waals surface area contributed by atoms with E-state index in [0.717, 1.165) is 37.3 Å². The van der Waals surface area contributed by atoms with Gasteiger partial charge in [0.05, 0.1) is 40.9 Å². The number of nitro groups is 1. The van der Waals surface area contributed by atoms with Gasteiger partial charge in [0, 0.05) is 23.1 Å². The molecule has 2 aromatic carbocycles. The van der Waals surface area contributed by atoms with Gasteiger partial charge in [-0.2, -0.15) is 5.10 Å². The van der Waals surface area contributed by atoms with Crippen LogP contribution in [-0.2, 0) is 0 Å². The predicted molar refractivity (Wildman–Crippen MR) is 128 cm³/mol. The molecule has 33 heavy (non-hydrogen) atoms. The van der Waals surface area contributed by atoms with Crippen molar-refractivity contribution in [2.75, 3.05) is 25.5 Å². The summed E-state index contributed by atoms with van der Waals surface area (Å²) in [4.78, 5) is 24.0. The summed E-state index contributed by atoms with van der Waals surface area (Å²) in [6, 6.07) is 11.3. The Labute approximate surface area is 201 Å². The quantitative estimate of drug-likeness (QED) is 0.385. The minimum Gasteiger partial charge on any atom is -0.495 e. The number of ether oxygens (including phenoxy) is 1. The molecule has 4 rings (SSSR count). The molecule has 0 aliphatic carbocycles. The van der Waals surface area contributed by atoms with Crippen molar-refractivity contribution >= 4 is 41.3 Å². The fraction of sp³-hybridized carbons (Fsp3) is 0.273. The Morgan fingerprint density at radius 1 is 1.24 bits per heavy atom. The van der Waals surface area contributed by atoms with Gasteiger partial charge in [0.25, 0.3) is 11.6 Å². The predicted octanol–water partition coefficient (Wildman–Crippen LogP) is 4.58. The van der Waals surface area contributed by atoms with Crippen LogP contribution in [0.5, 0.6) is 5.75 Å². The molecule has 9 nitrogen and oxygen atoms in total. The molecule has 0 spiro atoms. The van der Waals surface area contributed by atoms with Crippen molar-refractivity contribution in [3.63, 3.8) is 0 Å². The third kappa shape index (κ3) is 5.27. The Kier molecular flexibility index (Phi) is 7.91. The van der Waals surface area contributed by atoms with Crippen LogP contribution in [0, 0.1) is 10.1 Å². The number of hydrogen-bond donors (Lipinski definition) is 2. The van der Waals surface area contributed by atoms with Crippen LogP contribution in [0.2, 0.25) is 5.02 Å². The number of amides is 1. The summed E-state index contributed by atoms with van der Waals surface area (Å²) in [5.41, 5.74) is 2.10. The monoisotopic (exact) mass is 491 g/mol. The van der Waals surface area contributed by atoms with Gasteiger partial charge in [0.1, 0.15) is 5.75 Å². The van der Waals surface area contributed by atoms with Crippen molar-refractivity contribution in [2.45, 2.75) is 18.8 Å². The van der Waals surface area contributed by atoms with Crippen LogP contribution in [0.15, 0.2) is 48.7 Å². The highest BCUT2D eigenvalue weighted by atomic mass is 35.5. The zero-order valence-electron chi connectivity index (χ0n) is 17.8. The van der Waals surface area contributed by atoms with E-state index >= 15 is 0 Å². The first-order chi connectivity index (χ1) is 15.5. The number of carbonyl (C=O) groups is 1. The number of rotatable bonds is 6. The number of anilines is 1. The maximum Gasteiger partial charge on any atom is 0.271 e. The van der Waals surface area contributed by atoms with Crippen molar-refractivity contribution in [3.05, 3.63) is 75.1 Å². The average molecular weight is 492 g/mol. The lowest BCUT2D eigenvalue weighted by Crippen LogP contribution is -2.29. The molecule has 1 aromatic heterocycles. The van der Waals surface area contributed by atoms with Gasteiger partial charge >= 0.3 is 0 Å². The summed E-state index contributed by atoms with van der Waals surface area (Å²) in [6.45, 7) is 1.69. The van der Waals surface area contributed by atoms with Crippen LogP contribution >= 0.6 is 24.0 Å². The van der Waals surface area contributed by atoms with E-state index < -0.39 is 10.8 Å². The Morgan fingerprint density at radius 3 is 2.58 bits per heavy atom. The van der Waals surface area contributed by atoms with E-state index in [1.807, 2.05) is 12.1 Å².